The van der Waals surface area contributed by atoms with Gasteiger partial charge in [0, 0.05) is 6.61 Å². The lowest BCUT2D eigenvalue weighted by atomic mass is 9.94. The summed E-state index contributed by atoms with van der Waals surface area (Å²) in [5.41, 5.74) is 6.89. The summed E-state index contributed by atoms with van der Waals surface area (Å²) >= 11 is 0. The van der Waals surface area contributed by atoms with Crippen LogP contribution in [0.3, 0.4) is 0 Å². The average Bonchev–Trinajstić information content (AvgIpc) is 2.72. The molecule has 112 valence electrons. The van der Waals surface area contributed by atoms with E-state index in [2.05, 4.69) is 17.0 Å². The number of nitrogens with two attached hydrogens (primary N) is 1. The van der Waals surface area contributed by atoms with E-state index in [0.717, 1.165) is 12.1 Å². The number of nitrogens with one attached hydrogen (secondary N) is 2. The molecule has 1 fully saturated rings. The summed E-state index contributed by atoms with van der Waals surface area (Å²) in [5, 5.41) is 3.37. The zero-order valence-electron chi connectivity index (χ0n) is 11.9. The molecule has 0 amide bonds. The Bertz CT molecular complexity index is 603. The Morgan fingerprint density at radius 3 is 2.65 bits per heavy atom. The van der Waals surface area contributed by atoms with Gasteiger partial charge in [-0.3, -0.25) is 0 Å². The van der Waals surface area contributed by atoms with Gasteiger partial charge in [-0.05, 0) is 45.5 Å². The van der Waals surface area contributed by atoms with E-state index < -0.39 is 10.0 Å². The minimum Gasteiger partial charge on any atom is -0.397 e. The Hall–Kier alpha value is -1.31. The molecular weight excluding hydrogens is 278 g/mol. The highest BCUT2D eigenvalue weighted by Crippen LogP contribution is 2.32. The predicted octanol–water partition coefficient (Wildman–Crippen LogP) is 1.16. The van der Waals surface area contributed by atoms with E-state index in [1.165, 1.54) is 19.2 Å². The molecule has 1 aliphatic rings. The minimum absolute atomic E-state index is 0.0719. The van der Waals surface area contributed by atoms with Gasteiger partial charge in [-0.1, -0.05) is 0 Å². The highest BCUT2D eigenvalue weighted by molar-refractivity contribution is 7.89. The maximum absolute atomic E-state index is 11.7. The molecule has 7 heteroatoms. The van der Waals surface area contributed by atoms with Crippen LogP contribution in [0.15, 0.2) is 23.1 Å². The van der Waals surface area contributed by atoms with Gasteiger partial charge in [0.2, 0.25) is 10.0 Å². The molecule has 1 aromatic rings. The SMILES string of the molecule is CNS(=O)(=O)c1ccc(NC2(C)CCOC2C)c(N)c1. The molecule has 2 rings (SSSR count). The topological polar surface area (TPSA) is 93.5 Å². The average molecular weight is 299 g/mol. The molecule has 1 heterocycles. The molecule has 2 unspecified atom stereocenters. The predicted molar refractivity (Wildman–Crippen MR) is 79.2 cm³/mol. The first-order valence-corrected chi connectivity index (χ1v) is 8.00. The fourth-order valence-corrected chi connectivity index (χ4v) is 3.01. The van der Waals surface area contributed by atoms with E-state index in [4.69, 9.17) is 10.5 Å². The highest BCUT2D eigenvalue weighted by atomic mass is 32.2. The third-order valence-corrected chi connectivity index (χ3v) is 5.32. The van der Waals surface area contributed by atoms with E-state index in [-0.39, 0.29) is 16.5 Å². The zero-order valence-corrected chi connectivity index (χ0v) is 12.8. The molecule has 0 aliphatic carbocycles. The normalized spacial score (nSPS) is 26.6. The number of benzene rings is 1. The van der Waals surface area contributed by atoms with E-state index >= 15 is 0 Å². The molecule has 0 saturated carbocycles. The molecule has 6 nitrogen and oxygen atoms in total. The molecule has 0 radical (unpaired) electrons. The summed E-state index contributed by atoms with van der Waals surface area (Å²) in [6.07, 6.45) is 0.951. The molecule has 1 saturated heterocycles. The number of nitrogen functional groups attached to an aromatic ring is 1. The number of sulfonamides is 1. The van der Waals surface area contributed by atoms with Gasteiger partial charge < -0.3 is 15.8 Å². The summed E-state index contributed by atoms with van der Waals surface area (Å²) in [4.78, 5) is 0.156. The third-order valence-electron chi connectivity index (χ3n) is 3.91. The second-order valence-corrected chi connectivity index (χ2v) is 7.15. The molecule has 0 aromatic heterocycles. The van der Waals surface area contributed by atoms with E-state index in [9.17, 15) is 8.42 Å². The molecule has 1 aliphatic heterocycles. The lowest BCUT2D eigenvalue weighted by Gasteiger charge is -2.30. The smallest absolute Gasteiger partial charge is 0.240 e. The van der Waals surface area contributed by atoms with Gasteiger partial charge in [-0.2, -0.15) is 0 Å². The van der Waals surface area contributed by atoms with Crippen LogP contribution in [-0.2, 0) is 14.8 Å². The molecule has 20 heavy (non-hydrogen) atoms. The summed E-state index contributed by atoms with van der Waals surface area (Å²) in [5.74, 6) is 0. The van der Waals surface area contributed by atoms with Crippen molar-refractivity contribution in [2.45, 2.75) is 36.8 Å². The number of rotatable bonds is 4. The van der Waals surface area contributed by atoms with Gasteiger partial charge in [-0.25, -0.2) is 13.1 Å². The standard InChI is InChI=1S/C13H21N3O3S/c1-9-13(2,6-7-19-9)16-12-5-4-10(8-11(12)14)20(17,18)15-3/h4-5,8-9,15-16H,6-7,14H2,1-3H3. The quantitative estimate of drug-likeness (QED) is 0.725. The van der Waals surface area contributed by atoms with Crippen molar-refractivity contribution >= 4 is 21.4 Å². The molecule has 0 spiro atoms. The Morgan fingerprint density at radius 2 is 2.15 bits per heavy atom. The van der Waals surface area contributed by atoms with Gasteiger partial charge in [0.1, 0.15) is 0 Å². The van der Waals surface area contributed by atoms with Crippen molar-refractivity contribution in [1.29, 1.82) is 0 Å². The van der Waals surface area contributed by atoms with Crippen molar-refractivity contribution in [3.63, 3.8) is 0 Å². The summed E-state index contributed by atoms with van der Waals surface area (Å²) in [6.45, 7) is 4.79. The van der Waals surface area contributed by atoms with Gasteiger partial charge >= 0.3 is 0 Å². The Morgan fingerprint density at radius 1 is 1.45 bits per heavy atom. The molecule has 1 aromatic carbocycles. The van der Waals surface area contributed by atoms with E-state index in [0.29, 0.717) is 12.3 Å². The highest BCUT2D eigenvalue weighted by Gasteiger charge is 2.37. The Labute approximate surface area is 119 Å². The lowest BCUT2D eigenvalue weighted by molar-refractivity contribution is 0.105. The maximum atomic E-state index is 11.7. The van der Waals surface area contributed by atoms with Crippen molar-refractivity contribution in [3.05, 3.63) is 18.2 Å². The second-order valence-electron chi connectivity index (χ2n) is 5.26. The second kappa shape index (κ2) is 5.23. The molecule has 2 atom stereocenters. The monoisotopic (exact) mass is 299 g/mol. The van der Waals surface area contributed by atoms with Gasteiger partial charge in [0.25, 0.3) is 0 Å². The number of ether oxygens (including phenoxy) is 1. The fraction of sp³-hybridized carbons (Fsp3) is 0.538. The summed E-state index contributed by atoms with van der Waals surface area (Å²) in [6, 6.07) is 4.68. The van der Waals surface area contributed by atoms with Crippen molar-refractivity contribution in [2.75, 3.05) is 24.7 Å². The Kier molecular flexibility index (Phi) is 3.95. The van der Waals surface area contributed by atoms with Crippen molar-refractivity contribution in [1.82, 2.24) is 4.72 Å². The molecule has 0 bridgehead atoms. The Balaban J connectivity index is 2.27. The number of hydrogen-bond donors (Lipinski definition) is 3. The van der Waals surface area contributed by atoms with Gasteiger partial charge in [-0.15, -0.1) is 0 Å². The van der Waals surface area contributed by atoms with Crippen molar-refractivity contribution in [2.24, 2.45) is 0 Å². The van der Waals surface area contributed by atoms with Gasteiger partial charge in [0.05, 0.1) is 27.9 Å². The third kappa shape index (κ3) is 2.74. The van der Waals surface area contributed by atoms with E-state index in [1.54, 1.807) is 6.07 Å². The minimum atomic E-state index is -3.47. The van der Waals surface area contributed by atoms with Crippen LogP contribution in [-0.4, -0.2) is 33.7 Å². The zero-order chi connectivity index (χ0) is 15.0. The van der Waals surface area contributed by atoms with Crippen LogP contribution in [0, 0.1) is 0 Å². The number of hydrogen-bond acceptors (Lipinski definition) is 5. The fourth-order valence-electron chi connectivity index (χ4n) is 2.25. The lowest BCUT2D eigenvalue weighted by Crippen LogP contribution is -2.41. The van der Waals surface area contributed by atoms with Crippen LogP contribution in [0.5, 0.6) is 0 Å². The maximum Gasteiger partial charge on any atom is 0.240 e. The van der Waals surface area contributed by atoms with Crippen LogP contribution in [0.25, 0.3) is 0 Å². The van der Waals surface area contributed by atoms with Gasteiger partial charge in [0.15, 0.2) is 0 Å². The van der Waals surface area contributed by atoms with Crippen LogP contribution in [0.4, 0.5) is 11.4 Å². The van der Waals surface area contributed by atoms with Crippen LogP contribution in [0.1, 0.15) is 20.3 Å². The largest absolute Gasteiger partial charge is 0.397 e. The van der Waals surface area contributed by atoms with Crippen LogP contribution in [0.2, 0.25) is 0 Å². The van der Waals surface area contributed by atoms with Crippen LogP contribution < -0.4 is 15.8 Å². The first-order valence-electron chi connectivity index (χ1n) is 6.51. The molecule has 4 N–H and O–H groups in total. The van der Waals surface area contributed by atoms with Crippen molar-refractivity contribution < 1.29 is 13.2 Å². The first kappa shape index (κ1) is 15.1. The first-order chi connectivity index (χ1) is 9.28. The van der Waals surface area contributed by atoms with Crippen LogP contribution >= 0.6 is 0 Å². The number of anilines is 2. The van der Waals surface area contributed by atoms with E-state index in [1.807, 2.05) is 6.92 Å². The summed E-state index contributed by atoms with van der Waals surface area (Å²) in [7, 11) is -2.10. The van der Waals surface area contributed by atoms with Crippen molar-refractivity contribution in [3.8, 4) is 0 Å². The summed E-state index contributed by atoms with van der Waals surface area (Å²) < 4.78 is 31.3. The molecular formula is C13H21N3O3S.